The molecule has 0 saturated heterocycles. The van der Waals surface area contributed by atoms with Crippen LogP contribution in [-0.4, -0.2) is 139 Å². The van der Waals surface area contributed by atoms with Crippen LogP contribution in [0.3, 0.4) is 0 Å². The predicted octanol–water partition coefficient (Wildman–Crippen LogP) is 9.73. The topological polar surface area (TPSA) is 161 Å². The van der Waals surface area contributed by atoms with Crippen molar-refractivity contribution in [3.8, 4) is 40.5 Å². The fourth-order valence-electron chi connectivity index (χ4n) is 4.54. The number of anilines is 1. The van der Waals surface area contributed by atoms with E-state index in [1.54, 1.807) is 51.4 Å². The van der Waals surface area contributed by atoms with Crippen LogP contribution >= 0.6 is 0 Å². The van der Waals surface area contributed by atoms with Crippen molar-refractivity contribution in [2.45, 2.75) is 46.8 Å². The lowest BCUT2D eigenvalue weighted by atomic mass is 10.1. The maximum Gasteiger partial charge on any atom is 0.573 e. The number of methoxy groups -OCH3 is 2. The van der Waals surface area contributed by atoms with Crippen molar-refractivity contribution in [1.82, 2.24) is 29.8 Å². The quantitative estimate of drug-likeness (QED) is 0.0741. The van der Waals surface area contributed by atoms with Gasteiger partial charge in [-0.3, -0.25) is 10.00 Å². The van der Waals surface area contributed by atoms with E-state index in [4.69, 9.17) is 25.7 Å². The van der Waals surface area contributed by atoms with Gasteiger partial charge in [-0.2, -0.15) is 15.6 Å². The van der Waals surface area contributed by atoms with Crippen LogP contribution in [0.1, 0.15) is 26.0 Å². The second-order valence-corrected chi connectivity index (χ2v) is 13.8. The Balaban J connectivity index is -0.000000786. The molecule has 3 N–H and O–H groups in total. The first-order valence-corrected chi connectivity index (χ1v) is 18.7. The van der Waals surface area contributed by atoms with E-state index in [2.05, 4.69) is 62.4 Å². The van der Waals surface area contributed by atoms with Crippen LogP contribution in [0.15, 0.2) is 85.2 Å². The molecule has 0 fully saturated rings. The van der Waals surface area contributed by atoms with Crippen LogP contribution in [0.4, 0.5) is 45.3 Å². The molecule has 14 nitrogen and oxygen atoms in total. The van der Waals surface area contributed by atoms with E-state index in [1.165, 1.54) is 67.0 Å². The van der Waals surface area contributed by atoms with E-state index in [-0.39, 0.29) is 56.3 Å². The van der Waals surface area contributed by atoms with Gasteiger partial charge < -0.3 is 44.1 Å². The molecule has 376 valence electrons. The molecule has 0 aliphatic carbocycles. The standard InChI is InChI=1S/C12H11F3N2O.C10H8F3N3O.C9H6F3NO.C6H16N2.C5H13NO2.2CH4/c1-17(2)8-10(7-16)9-4-3-5-11(6-9)18-12(13,14)15;11-10(12,13)17-7-3-1-2-6(4-7)8-5-15-16-9(8)14;10-9(11,12)14-8-3-1-2-7(6-8)4-5-13;1-7(2)5-6-8(3)4;1-6(2)5(7-3)8-4;;/h3-6,8H,1-2H3;1-5H,(H3,14,15,16);1-3,6H,4H2;5-6H2,1-4H3;5H,1-4H3;2*1H4/b10-8+;;;;;;. The number of allylic oxidation sites excluding steroid dienone is 1. The molecule has 0 atom stereocenters. The van der Waals surface area contributed by atoms with Crippen molar-refractivity contribution in [2.75, 3.05) is 89.4 Å². The van der Waals surface area contributed by atoms with Gasteiger partial charge in [0.15, 0.2) is 0 Å². The Labute approximate surface area is 387 Å². The summed E-state index contributed by atoms with van der Waals surface area (Å²) in [5, 5.41) is 23.5. The van der Waals surface area contributed by atoms with E-state index in [1.807, 2.05) is 31.1 Å². The molecule has 4 rings (SSSR count). The number of nitrogen functional groups attached to an aromatic ring is 1. The summed E-state index contributed by atoms with van der Waals surface area (Å²) in [6.45, 7) is 2.29. The van der Waals surface area contributed by atoms with Gasteiger partial charge in [0.1, 0.15) is 29.1 Å². The molecule has 0 radical (unpaired) electrons. The minimum absolute atomic E-state index is 0. The number of nitrogens with two attached hydrogens (primary N) is 1. The number of aromatic amines is 1. The first kappa shape index (κ1) is 65.0. The van der Waals surface area contributed by atoms with E-state index in [0.717, 1.165) is 13.1 Å². The SMILES string of the molecule is C.C.CN(C)/C=C(\C#N)c1cccc(OC(F)(F)F)c1.CN(C)CCN(C)C.COC(OC)N(C)C.N#CCc1cccc(OC(F)(F)F)c1.Nc1[nH]ncc1-c1cccc(OC(F)(F)F)c1. The number of alkyl halides is 9. The van der Waals surface area contributed by atoms with E-state index >= 15 is 0 Å². The van der Waals surface area contributed by atoms with Gasteiger partial charge in [-0.25, -0.2) is 0 Å². The third kappa shape index (κ3) is 32.1. The van der Waals surface area contributed by atoms with Crippen molar-refractivity contribution in [1.29, 1.82) is 10.5 Å². The molecule has 0 amide bonds. The summed E-state index contributed by atoms with van der Waals surface area (Å²) in [6, 6.07) is 19.9. The Morgan fingerprint density at radius 1 is 0.701 bits per heavy atom. The zero-order chi connectivity index (χ0) is 50.0. The summed E-state index contributed by atoms with van der Waals surface area (Å²) in [7, 11) is 18.8. The number of hydrogen-bond acceptors (Lipinski definition) is 13. The van der Waals surface area contributed by atoms with E-state index < -0.39 is 19.1 Å². The fraction of sp³-hybridized carbons (Fsp3) is 0.432. The largest absolute Gasteiger partial charge is 0.573 e. The van der Waals surface area contributed by atoms with E-state index in [0.29, 0.717) is 22.3 Å². The lowest BCUT2D eigenvalue weighted by Gasteiger charge is -2.19. The van der Waals surface area contributed by atoms with Crippen molar-refractivity contribution >= 4 is 11.4 Å². The van der Waals surface area contributed by atoms with Crippen LogP contribution < -0.4 is 19.9 Å². The Morgan fingerprint density at radius 3 is 1.51 bits per heavy atom. The molecule has 1 heterocycles. The molecule has 23 heteroatoms. The van der Waals surface area contributed by atoms with Crippen molar-refractivity contribution in [2.24, 2.45) is 0 Å². The zero-order valence-corrected chi connectivity index (χ0v) is 37.4. The van der Waals surface area contributed by atoms with Crippen molar-refractivity contribution in [3.63, 3.8) is 0 Å². The van der Waals surface area contributed by atoms with E-state index in [9.17, 15) is 39.5 Å². The summed E-state index contributed by atoms with van der Waals surface area (Å²) in [5.41, 5.74) is 7.71. The highest BCUT2D eigenvalue weighted by atomic mass is 19.4. The number of halogens is 9. The average Bonchev–Trinajstić information content (AvgIpc) is 3.61. The van der Waals surface area contributed by atoms with Gasteiger partial charge in [-0.1, -0.05) is 51.3 Å². The van der Waals surface area contributed by atoms with Crippen LogP contribution in [0.5, 0.6) is 17.2 Å². The molecule has 0 unspecified atom stereocenters. The molecule has 0 aliphatic rings. The second-order valence-electron chi connectivity index (χ2n) is 13.8. The highest BCUT2D eigenvalue weighted by Crippen LogP contribution is 2.30. The molecular weight excluding hydrogens is 906 g/mol. The second kappa shape index (κ2) is 32.4. The van der Waals surface area contributed by atoms with Gasteiger partial charge in [0.2, 0.25) is 6.41 Å². The van der Waals surface area contributed by atoms with Crippen LogP contribution in [0.25, 0.3) is 16.7 Å². The molecule has 4 aromatic rings. The molecule has 0 aliphatic heterocycles. The Kier molecular flexibility index (Phi) is 31.5. The minimum Gasteiger partial charge on any atom is -0.406 e. The zero-order valence-electron chi connectivity index (χ0n) is 37.4. The van der Waals surface area contributed by atoms with Crippen LogP contribution in [0, 0.1) is 22.7 Å². The Hall–Kier alpha value is -6.24. The molecule has 0 bridgehead atoms. The first-order chi connectivity index (χ1) is 30.1. The predicted molar refractivity (Wildman–Crippen MR) is 240 cm³/mol. The third-order valence-electron chi connectivity index (χ3n) is 7.17. The fourth-order valence-corrected chi connectivity index (χ4v) is 4.54. The van der Waals surface area contributed by atoms with Crippen molar-refractivity contribution < 1.29 is 63.2 Å². The molecular formula is C44H62F9N9O5. The molecule has 1 aromatic heterocycles. The van der Waals surface area contributed by atoms with Crippen LogP contribution in [-0.2, 0) is 15.9 Å². The average molecular weight is 968 g/mol. The van der Waals surface area contributed by atoms with Crippen LogP contribution in [0.2, 0.25) is 0 Å². The minimum atomic E-state index is -4.74. The van der Waals surface area contributed by atoms with Gasteiger partial charge in [-0.05, 0) is 95.4 Å². The number of hydrogen-bond donors (Lipinski definition) is 2. The Bertz CT molecular complexity index is 2050. The van der Waals surface area contributed by atoms with Gasteiger partial charge in [0.05, 0.1) is 24.3 Å². The molecule has 0 saturated carbocycles. The normalized spacial score (nSPS) is 11.0. The Morgan fingerprint density at radius 2 is 1.15 bits per heavy atom. The monoisotopic (exact) mass is 967 g/mol. The number of nitriles is 2. The lowest BCUT2D eigenvalue weighted by Crippen LogP contribution is -2.30. The smallest absolute Gasteiger partial charge is 0.406 e. The molecule has 0 spiro atoms. The summed E-state index contributed by atoms with van der Waals surface area (Å²) in [5.74, 6) is -0.657. The lowest BCUT2D eigenvalue weighted by molar-refractivity contribution is -0.275. The summed E-state index contributed by atoms with van der Waals surface area (Å²) >= 11 is 0. The number of benzene rings is 3. The van der Waals surface area contributed by atoms with Crippen molar-refractivity contribution in [3.05, 3.63) is 96.3 Å². The summed E-state index contributed by atoms with van der Waals surface area (Å²) in [6.07, 6.45) is -11.3. The first-order valence-electron chi connectivity index (χ1n) is 18.7. The number of ether oxygens (including phenoxy) is 5. The number of nitrogens with one attached hydrogen (secondary N) is 1. The third-order valence-corrected chi connectivity index (χ3v) is 7.17. The maximum atomic E-state index is 12.1. The maximum absolute atomic E-state index is 12.1. The molecule has 67 heavy (non-hydrogen) atoms. The number of likely N-dealkylation sites (N-methyl/N-ethyl adjacent to an activating group) is 2. The summed E-state index contributed by atoms with van der Waals surface area (Å²) < 4.78 is 129. The number of H-pyrrole nitrogens is 1. The number of nitrogens with zero attached hydrogens (tertiary/aromatic N) is 7. The highest BCUT2D eigenvalue weighted by Gasteiger charge is 2.32. The van der Waals surface area contributed by atoms with Gasteiger partial charge >= 0.3 is 19.1 Å². The number of aromatic nitrogens is 2. The van der Waals surface area contributed by atoms with Gasteiger partial charge in [0, 0.05) is 53.2 Å². The molecule has 3 aromatic carbocycles. The highest BCUT2D eigenvalue weighted by molar-refractivity contribution is 5.77. The van der Waals surface area contributed by atoms with Gasteiger partial charge in [-0.15, -0.1) is 39.5 Å². The van der Waals surface area contributed by atoms with Gasteiger partial charge in [0.25, 0.3) is 0 Å². The number of rotatable bonds is 13. The summed E-state index contributed by atoms with van der Waals surface area (Å²) in [4.78, 5) is 7.83.